The van der Waals surface area contributed by atoms with Crippen molar-refractivity contribution in [2.45, 2.75) is 51.2 Å². The minimum Gasteiger partial charge on any atom is -0.352 e. The molecule has 0 fully saturated rings. The van der Waals surface area contributed by atoms with Crippen LogP contribution < -0.4 is 9.62 Å². The molecule has 0 radical (unpaired) electrons. The number of benzene rings is 3. The van der Waals surface area contributed by atoms with Crippen molar-refractivity contribution in [3.05, 3.63) is 94.0 Å². The average Bonchev–Trinajstić information content (AvgIpc) is 2.88. The predicted octanol–water partition coefficient (Wildman–Crippen LogP) is 5.44. The first kappa shape index (κ1) is 29.5. The highest BCUT2D eigenvalue weighted by molar-refractivity contribution is 7.92. The second-order valence-corrected chi connectivity index (χ2v) is 11.9. The van der Waals surface area contributed by atoms with E-state index >= 15 is 0 Å². The highest BCUT2D eigenvalue weighted by Gasteiger charge is 2.33. The number of nitrogens with one attached hydrogen (secondary N) is 1. The van der Waals surface area contributed by atoms with Crippen molar-refractivity contribution in [2.24, 2.45) is 0 Å². The van der Waals surface area contributed by atoms with Gasteiger partial charge < -0.3 is 10.2 Å². The van der Waals surface area contributed by atoms with E-state index in [0.717, 1.165) is 15.4 Å². The van der Waals surface area contributed by atoms with Gasteiger partial charge in [-0.1, -0.05) is 65.7 Å². The number of nitrogens with zero attached hydrogens (tertiary/aromatic N) is 2. The lowest BCUT2D eigenvalue weighted by Crippen LogP contribution is -2.52. The summed E-state index contributed by atoms with van der Waals surface area (Å²) >= 11 is 12.6. The maximum Gasteiger partial charge on any atom is 0.264 e. The van der Waals surface area contributed by atoms with Crippen LogP contribution in [0.4, 0.5) is 5.69 Å². The molecule has 38 heavy (non-hydrogen) atoms. The Morgan fingerprint density at radius 3 is 2.18 bits per heavy atom. The van der Waals surface area contributed by atoms with Gasteiger partial charge in [0.25, 0.3) is 10.0 Å². The molecule has 1 N–H and O–H groups in total. The van der Waals surface area contributed by atoms with Crippen molar-refractivity contribution in [3.8, 4) is 0 Å². The smallest absolute Gasteiger partial charge is 0.264 e. The van der Waals surface area contributed by atoms with E-state index in [1.54, 1.807) is 25.1 Å². The van der Waals surface area contributed by atoms with Crippen LogP contribution in [0.25, 0.3) is 0 Å². The zero-order valence-electron chi connectivity index (χ0n) is 21.7. The summed E-state index contributed by atoms with van der Waals surface area (Å²) in [6.45, 7) is 6.70. The van der Waals surface area contributed by atoms with Crippen molar-refractivity contribution < 1.29 is 18.0 Å². The van der Waals surface area contributed by atoms with Crippen LogP contribution in [-0.2, 0) is 26.2 Å². The molecule has 0 saturated heterocycles. The van der Waals surface area contributed by atoms with Gasteiger partial charge in [-0.25, -0.2) is 8.42 Å². The largest absolute Gasteiger partial charge is 0.352 e. The molecule has 1 atom stereocenters. The van der Waals surface area contributed by atoms with Gasteiger partial charge in [0.2, 0.25) is 11.8 Å². The van der Waals surface area contributed by atoms with Crippen molar-refractivity contribution >= 4 is 50.7 Å². The van der Waals surface area contributed by atoms with Crippen LogP contribution in [0, 0.1) is 6.92 Å². The minimum absolute atomic E-state index is 0.0140. The number of amides is 2. The Morgan fingerprint density at radius 1 is 0.921 bits per heavy atom. The number of carbonyl (C=O) groups excluding carboxylic acids is 2. The zero-order valence-corrected chi connectivity index (χ0v) is 24.0. The normalized spacial score (nSPS) is 12.2. The first-order valence-corrected chi connectivity index (χ1v) is 14.3. The van der Waals surface area contributed by atoms with E-state index < -0.39 is 28.5 Å². The summed E-state index contributed by atoms with van der Waals surface area (Å²) in [7, 11) is -4.23. The number of rotatable bonds is 10. The van der Waals surface area contributed by atoms with Crippen molar-refractivity contribution in [2.75, 3.05) is 10.8 Å². The Bertz CT molecular complexity index is 1400. The molecule has 0 bridgehead atoms. The Balaban J connectivity index is 2.08. The Labute approximate surface area is 234 Å². The maximum atomic E-state index is 13.9. The van der Waals surface area contributed by atoms with Gasteiger partial charge in [0.15, 0.2) is 0 Å². The number of anilines is 1. The van der Waals surface area contributed by atoms with Crippen LogP contribution in [-0.4, -0.2) is 43.8 Å². The van der Waals surface area contributed by atoms with E-state index in [9.17, 15) is 18.0 Å². The van der Waals surface area contributed by atoms with Crippen LogP contribution in [0.3, 0.4) is 0 Å². The third kappa shape index (κ3) is 7.07. The monoisotopic (exact) mass is 575 g/mol. The molecule has 10 heteroatoms. The number of carbonyl (C=O) groups is 2. The van der Waals surface area contributed by atoms with Crippen LogP contribution in [0.2, 0.25) is 10.0 Å². The quantitative estimate of drug-likeness (QED) is 0.348. The number of hydrogen-bond acceptors (Lipinski definition) is 4. The molecule has 7 nitrogen and oxygen atoms in total. The molecule has 3 rings (SSSR count). The summed E-state index contributed by atoms with van der Waals surface area (Å²) < 4.78 is 28.5. The van der Waals surface area contributed by atoms with Gasteiger partial charge in [-0.2, -0.15) is 0 Å². The summed E-state index contributed by atoms with van der Waals surface area (Å²) in [4.78, 5) is 28.3. The molecule has 0 aliphatic heterocycles. The summed E-state index contributed by atoms with van der Waals surface area (Å²) in [5.41, 5.74) is 1.84. The number of aryl methyl sites for hydroxylation is 1. The molecule has 3 aromatic carbocycles. The van der Waals surface area contributed by atoms with E-state index in [1.165, 1.54) is 35.2 Å². The molecule has 202 valence electrons. The van der Waals surface area contributed by atoms with Crippen molar-refractivity contribution in [1.82, 2.24) is 10.2 Å². The SMILES string of the molecule is Cc1ccccc1CN(C(=O)CN(c1cc(Cl)ccc1Cl)S(=O)(=O)c1ccccc1)[C@@H](C)C(=O)NC(C)C. The summed E-state index contributed by atoms with van der Waals surface area (Å²) in [6.07, 6.45) is 0. The van der Waals surface area contributed by atoms with Crippen LogP contribution in [0.1, 0.15) is 31.9 Å². The molecule has 0 aliphatic rings. The van der Waals surface area contributed by atoms with Gasteiger partial charge in [0.1, 0.15) is 12.6 Å². The van der Waals surface area contributed by atoms with Crippen molar-refractivity contribution in [3.63, 3.8) is 0 Å². The van der Waals surface area contributed by atoms with Gasteiger partial charge in [-0.05, 0) is 69.2 Å². The first-order valence-electron chi connectivity index (χ1n) is 12.1. The van der Waals surface area contributed by atoms with Gasteiger partial charge in [-0.15, -0.1) is 0 Å². The molecular weight excluding hydrogens is 545 g/mol. The third-order valence-electron chi connectivity index (χ3n) is 5.99. The second-order valence-electron chi connectivity index (χ2n) is 9.21. The van der Waals surface area contributed by atoms with E-state index in [2.05, 4.69) is 5.32 Å². The summed E-state index contributed by atoms with van der Waals surface area (Å²) in [5, 5.41) is 3.20. The van der Waals surface area contributed by atoms with E-state index in [0.29, 0.717) is 0 Å². The number of hydrogen-bond donors (Lipinski definition) is 1. The van der Waals surface area contributed by atoms with Gasteiger partial charge in [0, 0.05) is 17.6 Å². The predicted molar refractivity (Wildman–Crippen MR) is 152 cm³/mol. The number of halogens is 2. The van der Waals surface area contributed by atoms with Crippen LogP contribution in [0.15, 0.2) is 77.7 Å². The van der Waals surface area contributed by atoms with E-state index in [-0.39, 0.29) is 39.1 Å². The van der Waals surface area contributed by atoms with Crippen molar-refractivity contribution in [1.29, 1.82) is 0 Å². The molecular formula is C28H31Cl2N3O4S. The molecule has 3 aromatic rings. The first-order chi connectivity index (χ1) is 17.9. The summed E-state index contributed by atoms with van der Waals surface area (Å²) in [5.74, 6) is -0.921. The lowest BCUT2D eigenvalue weighted by atomic mass is 10.1. The zero-order chi connectivity index (χ0) is 28.0. The lowest BCUT2D eigenvalue weighted by Gasteiger charge is -2.33. The average molecular weight is 577 g/mol. The van der Waals surface area contributed by atoms with Gasteiger partial charge in [-0.3, -0.25) is 13.9 Å². The maximum absolute atomic E-state index is 13.9. The van der Waals surface area contributed by atoms with Gasteiger partial charge in [0.05, 0.1) is 15.6 Å². The standard InChI is InChI=1S/C28H31Cl2N3O4S/c1-19(2)31-28(35)21(4)32(17-22-11-9-8-10-20(22)3)27(34)18-33(26-16-23(29)14-15-25(26)30)38(36,37)24-12-6-5-7-13-24/h5-16,19,21H,17-18H2,1-4H3,(H,31,35)/t21-/m0/s1. The topological polar surface area (TPSA) is 86.8 Å². The van der Waals surface area contributed by atoms with E-state index in [1.807, 2.05) is 45.0 Å². The second kappa shape index (κ2) is 12.7. The highest BCUT2D eigenvalue weighted by atomic mass is 35.5. The third-order valence-corrected chi connectivity index (χ3v) is 8.32. The highest BCUT2D eigenvalue weighted by Crippen LogP contribution is 2.33. The molecule has 0 aliphatic carbocycles. The summed E-state index contributed by atoms with van der Waals surface area (Å²) in [6, 6.07) is 18.7. The molecule has 2 amide bonds. The van der Waals surface area contributed by atoms with Gasteiger partial charge >= 0.3 is 0 Å². The Hall–Kier alpha value is -3.07. The molecule has 0 saturated carbocycles. The fourth-order valence-corrected chi connectivity index (χ4v) is 5.75. The van der Waals surface area contributed by atoms with Crippen LogP contribution in [0.5, 0.6) is 0 Å². The minimum atomic E-state index is -4.23. The number of sulfonamides is 1. The fraction of sp³-hybridized carbons (Fsp3) is 0.286. The molecule has 0 unspecified atom stereocenters. The molecule has 0 aromatic heterocycles. The lowest BCUT2D eigenvalue weighted by molar-refractivity contribution is -0.139. The molecule has 0 heterocycles. The van der Waals surface area contributed by atoms with E-state index in [4.69, 9.17) is 23.2 Å². The van der Waals surface area contributed by atoms with Crippen LogP contribution >= 0.6 is 23.2 Å². The fourth-order valence-electron chi connectivity index (χ4n) is 3.87. The Morgan fingerprint density at radius 2 is 1.55 bits per heavy atom. The Kier molecular flexibility index (Phi) is 9.82. The molecule has 0 spiro atoms.